The highest BCUT2D eigenvalue weighted by molar-refractivity contribution is 5.89. The van der Waals surface area contributed by atoms with Gasteiger partial charge in [-0.3, -0.25) is 10.1 Å². The number of benzene rings is 1. The Bertz CT molecular complexity index is 782. The molecule has 0 unspecified atom stereocenters. The van der Waals surface area contributed by atoms with Gasteiger partial charge in [-0.1, -0.05) is 11.2 Å². The number of carbonyl (C=O) groups is 1. The Kier molecular flexibility index (Phi) is 4.23. The number of nitrogens with zero attached hydrogens (tertiary/aromatic N) is 2. The minimum absolute atomic E-state index is 0.0318. The first kappa shape index (κ1) is 14.6. The zero-order chi connectivity index (χ0) is 16.1. The molecule has 0 fully saturated rings. The third kappa shape index (κ3) is 3.67. The minimum Gasteiger partial charge on any atom is -0.497 e. The van der Waals surface area contributed by atoms with Crippen molar-refractivity contribution in [3.8, 4) is 23.1 Å². The van der Waals surface area contributed by atoms with Gasteiger partial charge in [0.05, 0.1) is 13.4 Å². The molecule has 1 N–H and O–H groups in total. The van der Waals surface area contributed by atoms with Gasteiger partial charge in [0.25, 0.3) is 11.8 Å². The van der Waals surface area contributed by atoms with E-state index in [1.165, 1.54) is 6.26 Å². The maximum absolute atomic E-state index is 11.8. The topological polar surface area (TPSA) is 99.6 Å². The summed E-state index contributed by atoms with van der Waals surface area (Å²) >= 11 is 0. The lowest BCUT2D eigenvalue weighted by molar-refractivity contribution is -0.118. The summed E-state index contributed by atoms with van der Waals surface area (Å²) in [4.78, 5) is 11.8. The molecule has 3 aromatic rings. The number of aromatic nitrogens is 2. The number of rotatable bonds is 6. The maximum Gasteiger partial charge on any atom is 0.322 e. The van der Waals surface area contributed by atoms with E-state index in [0.29, 0.717) is 17.3 Å². The summed E-state index contributed by atoms with van der Waals surface area (Å²) in [5, 5.41) is 9.93. The molecule has 1 aromatic carbocycles. The van der Waals surface area contributed by atoms with Crippen LogP contribution < -0.4 is 14.8 Å². The molecule has 118 valence electrons. The fraction of sp³-hybridized carbons (Fsp3) is 0.133. The van der Waals surface area contributed by atoms with Gasteiger partial charge in [0.1, 0.15) is 11.5 Å². The van der Waals surface area contributed by atoms with E-state index in [1.54, 1.807) is 43.5 Å². The first-order valence-corrected chi connectivity index (χ1v) is 6.68. The van der Waals surface area contributed by atoms with E-state index in [9.17, 15) is 4.79 Å². The summed E-state index contributed by atoms with van der Waals surface area (Å²) in [7, 11) is 1.55. The summed E-state index contributed by atoms with van der Waals surface area (Å²) in [5.74, 6) is 1.33. The van der Waals surface area contributed by atoms with Crippen molar-refractivity contribution in [3.63, 3.8) is 0 Å². The highest BCUT2D eigenvalue weighted by atomic mass is 16.5. The standard InChI is InChI=1S/C15H13N3O5/c1-20-10-4-2-5-11(8-10)22-9-13(19)16-15-18-17-14(23-15)12-6-3-7-21-12/h2-8H,9H2,1H3,(H,16,18,19). The van der Waals surface area contributed by atoms with Crippen LogP contribution in [0.2, 0.25) is 0 Å². The number of carbonyl (C=O) groups excluding carboxylic acids is 1. The van der Waals surface area contributed by atoms with Crippen molar-refractivity contribution in [1.29, 1.82) is 0 Å². The van der Waals surface area contributed by atoms with Crippen LogP contribution in [-0.2, 0) is 4.79 Å². The van der Waals surface area contributed by atoms with Gasteiger partial charge < -0.3 is 18.3 Å². The molecule has 8 heteroatoms. The zero-order valence-electron chi connectivity index (χ0n) is 12.2. The summed E-state index contributed by atoms with van der Waals surface area (Å²) in [5.41, 5.74) is 0. The molecule has 0 aliphatic rings. The van der Waals surface area contributed by atoms with Crippen LogP contribution in [0.5, 0.6) is 11.5 Å². The Morgan fingerprint density at radius 2 is 2.09 bits per heavy atom. The summed E-state index contributed by atoms with van der Waals surface area (Å²) < 4.78 is 20.8. The number of hydrogen-bond donors (Lipinski definition) is 1. The van der Waals surface area contributed by atoms with E-state index in [-0.39, 0.29) is 18.5 Å². The first-order chi connectivity index (χ1) is 11.2. The predicted octanol–water partition coefficient (Wildman–Crippen LogP) is 2.36. The van der Waals surface area contributed by atoms with Gasteiger partial charge in [-0.25, -0.2) is 0 Å². The molecule has 0 saturated heterocycles. The van der Waals surface area contributed by atoms with Gasteiger partial charge in [0, 0.05) is 6.07 Å². The molecule has 23 heavy (non-hydrogen) atoms. The predicted molar refractivity (Wildman–Crippen MR) is 79.1 cm³/mol. The fourth-order valence-electron chi connectivity index (χ4n) is 1.77. The molecule has 0 radical (unpaired) electrons. The molecule has 0 atom stereocenters. The minimum atomic E-state index is -0.428. The average molecular weight is 315 g/mol. The molecule has 3 rings (SSSR count). The number of nitrogens with one attached hydrogen (secondary N) is 1. The summed E-state index contributed by atoms with van der Waals surface area (Å²) in [6, 6.07) is 10.3. The van der Waals surface area contributed by atoms with Crippen molar-refractivity contribution in [3.05, 3.63) is 42.7 Å². The lowest BCUT2D eigenvalue weighted by Crippen LogP contribution is -2.20. The van der Waals surface area contributed by atoms with E-state index in [0.717, 1.165) is 0 Å². The van der Waals surface area contributed by atoms with Gasteiger partial charge in [-0.2, -0.15) is 0 Å². The Hall–Kier alpha value is -3.29. The van der Waals surface area contributed by atoms with Gasteiger partial charge in [0.15, 0.2) is 12.4 Å². The largest absolute Gasteiger partial charge is 0.497 e. The second kappa shape index (κ2) is 6.65. The Morgan fingerprint density at radius 3 is 2.87 bits per heavy atom. The lowest BCUT2D eigenvalue weighted by atomic mass is 10.3. The molecule has 2 heterocycles. The van der Waals surface area contributed by atoms with Crippen LogP contribution in [0, 0.1) is 0 Å². The van der Waals surface area contributed by atoms with Crippen LogP contribution in [0.3, 0.4) is 0 Å². The van der Waals surface area contributed by atoms with E-state index in [2.05, 4.69) is 15.5 Å². The van der Waals surface area contributed by atoms with Crippen molar-refractivity contribution in [2.75, 3.05) is 19.0 Å². The van der Waals surface area contributed by atoms with Crippen molar-refractivity contribution >= 4 is 11.9 Å². The number of ether oxygens (including phenoxy) is 2. The third-order valence-electron chi connectivity index (χ3n) is 2.81. The molecule has 0 aliphatic carbocycles. The normalized spacial score (nSPS) is 10.3. The average Bonchev–Trinajstić information content (AvgIpc) is 3.24. The summed E-state index contributed by atoms with van der Waals surface area (Å²) in [6.07, 6.45) is 1.49. The van der Waals surface area contributed by atoms with Crippen LogP contribution in [0.1, 0.15) is 0 Å². The molecule has 0 spiro atoms. The van der Waals surface area contributed by atoms with Crippen LogP contribution in [0.15, 0.2) is 51.5 Å². The number of furan rings is 1. The zero-order valence-corrected chi connectivity index (χ0v) is 12.2. The molecular formula is C15H13N3O5. The number of hydrogen-bond acceptors (Lipinski definition) is 7. The lowest BCUT2D eigenvalue weighted by Gasteiger charge is -2.06. The van der Waals surface area contributed by atoms with Crippen LogP contribution in [0.25, 0.3) is 11.7 Å². The molecule has 0 saturated carbocycles. The van der Waals surface area contributed by atoms with Crippen LogP contribution >= 0.6 is 0 Å². The Labute approximate surface area is 131 Å². The molecule has 0 bridgehead atoms. The molecule has 0 aliphatic heterocycles. The SMILES string of the molecule is COc1cccc(OCC(=O)Nc2nnc(-c3ccco3)o2)c1. The van der Waals surface area contributed by atoms with Crippen LogP contribution in [0.4, 0.5) is 6.01 Å². The Morgan fingerprint density at radius 1 is 1.22 bits per heavy atom. The highest BCUT2D eigenvalue weighted by Crippen LogP contribution is 2.20. The van der Waals surface area contributed by atoms with Gasteiger partial charge in [-0.15, -0.1) is 5.10 Å². The highest BCUT2D eigenvalue weighted by Gasteiger charge is 2.13. The van der Waals surface area contributed by atoms with Gasteiger partial charge >= 0.3 is 6.01 Å². The maximum atomic E-state index is 11.8. The van der Waals surface area contributed by atoms with Crippen molar-refractivity contribution < 1.29 is 23.1 Å². The number of anilines is 1. The monoisotopic (exact) mass is 315 g/mol. The Balaban J connectivity index is 1.55. The van der Waals surface area contributed by atoms with Crippen LogP contribution in [-0.4, -0.2) is 29.8 Å². The van der Waals surface area contributed by atoms with E-state index in [4.69, 9.17) is 18.3 Å². The van der Waals surface area contributed by atoms with Crippen molar-refractivity contribution in [2.45, 2.75) is 0 Å². The van der Waals surface area contributed by atoms with E-state index < -0.39 is 5.91 Å². The van der Waals surface area contributed by atoms with Gasteiger partial charge in [-0.05, 0) is 24.3 Å². The number of amides is 1. The van der Waals surface area contributed by atoms with E-state index in [1.807, 2.05) is 0 Å². The molecule has 2 aromatic heterocycles. The number of methoxy groups -OCH3 is 1. The second-order valence-corrected chi connectivity index (χ2v) is 4.41. The second-order valence-electron chi connectivity index (χ2n) is 4.41. The fourth-order valence-corrected chi connectivity index (χ4v) is 1.77. The molecule has 1 amide bonds. The molecule has 8 nitrogen and oxygen atoms in total. The van der Waals surface area contributed by atoms with E-state index >= 15 is 0 Å². The smallest absolute Gasteiger partial charge is 0.322 e. The van der Waals surface area contributed by atoms with Crippen molar-refractivity contribution in [1.82, 2.24) is 10.2 Å². The molecular weight excluding hydrogens is 302 g/mol. The summed E-state index contributed by atoms with van der Waals surface area (Å²) in [6.45, 7) is -0.203. The third-order valence-corrected chi connectivity index (χ3v) is 2.81. The quantitative estimate of drug-likeness (QED) is 0.745. The first-order valence-electron chi connectivity index (χ1n) is 6.68. The van der Waals surface area contributed by atoms with Crippen molar-refractivity contribution in [2.24, 2.45) is 0 Å². The van der Waals surface area contributed by atoms with Gasteiger partial charge in [0.2, 0.25) is 0 Å².